The van der Waals surface area contributed by atoms with E-state index in [1.807, 2.05) is 13.8 Å². The molecule has 2 heterocycles. The maximum absolute atomic E-state index is 5.73. The van der Waals surface area contributed by atoms with Crippen LogP contribution in [-0.4, -0.2) is 101 Å². The first kappa shape index (κ1) is 33.8. The lowest BCUT2D eigenvalue weighted by atomic mass is 10.1. The molecule has 0 amide bonds. The lowest BCUT2D eigenvalue weighted by Crippen LogP contribution is -2.45. The average Bonchev–Trinajstić information content (AvgIpc) is 2.78. The molecule has 0 bridgehead atoms. The Morgan fingerprint density at radius 1 is 0.706 bits per heavy atom. The first-order valence-corrected chi connectivity index (χ1v) is 14.1. The van der Waals surface area contributed by atoms with Crippen molar-refractivity contribution in [3.8, 4) is 0 Å². The van der Waals surface area contributed by atoms with Gasteiger partial charge in [0.1, 0.15) is 0 Å². The van der Waals surface area contributed by atoms with Crippen molar-refractivity contribution in [3.63, 3.8) is 0 Å². The van der Waals surface area contributed by atoms with Gasteiger partial charge in [0.05, 0.1) is 38.6 Å². The highest BCUT2D eigenvalue weighted by molar-refractivity contribution is 4.73. The van der Waals surface area contributed by atoms with Gasteiger partial charge in [-0.1, -0.05) is 62.3 Å². The van der Waals surface area contributed by atoms with Gasteiger partial charge in [0.2, 0.25) is 0 Å². The van der Waals surface area contributed by atoms with Crippen LogP contribution in [0.1, 0.15) is 75.2 Å². The Morgan fingerprint density at radius 3 is 1.53 bits per heavy atom. The normalized spacial score (nSPS) is 21.9. The van der Waals surface area contributed by atoms with E-state index in [1.54, 1.807) is 0 Å². The molecule has 34 heavy (non-hydrogen) atoms. The summed E-state index contributed by atoms with van der Waals surface area (Å²) in [5, 5.41) is 0. The highest BCUT2D eigenvalue weighted by Gasteiger charge is 2.21. The largest absolute Gasteiger partial charge is 0.379 e. The van der Waals surface area contributed by atoms with E-state index in [1.165, 1.54) is 13.1 Å². The van der Waals surface area contributed by atoms with Crippen molar-refractivity contribution < 1.29 is 18.9 Å². The van der Waals surface area contributed by atoms with Crippen LogP contribution in [0.4, 0.5) is 0 Å². The van der Waals surface area contributed by atoms with E-state index < -0.39 is 0 Å². The van der Waals surface area contributed by atoms with Crippen LogP contribution < -0.4 is 0 Å². The lowest BCUT2D eigenvalue weighted by molar-refractivity contribution is -0.0719. The Bertz CT molecular complexity index is 435. The van der Waals surface area contributed by atoms with Crippen LogP contribution in [0.25, 0.3) is 0 Å². The van der Waals surface area contributed by atoms with E-state index in [0.29, 0.717) is 0 Å². The minimum atomic E-state index is 0.273. The van der Waals surface area contributed by atoms with E-state index in [0.717, 1.165) is 96.4 Å². The molecule has 0 unspecified atom stereocenters. The minimum Gasteiger partial charge on any atom is -0.379 e. The second-order valence-electron chi connectivity index (χ2n) is 10.6. The van der Waals surface area contributed by atoms with E-state index >= 15 is 0 Å². The van der Waals surface area contributed by atoms with E-state index in [2.05, 4.69) is 58.3 Å². The summed E-state index contributed by atoms with van der Waals surface area (Å²) in [6.45, 7) is 31.1. The Morgan fingerprint density at radius 2 is 1.15 bits per heavy atom. The zero-order valence-corrected chi connectivity index (χ0v) is 24.3. The number of hydrogen-bond donors (Lipinski definition) is 0. The predicted octanol–water partition coefficient (Wildman–Crippen LogP) is 5.20. The third-order valence-electron chi connectivity index (χ3n) is 5.49. The van der Waals surface area contributed by atoms with Crippen LogP contribution in [0, 0.1) is 17.8 Å². The summed E-state index contributed by atoms with van der Waals surface area (Å²) in [6.07, 6.45) is 2.78. The van der Waals surface area contributed by atoms with Gasteiger partial charge in [-0.15, -0.1) is 0 Å². The molecule has 2 aliphatic heterocycles. The zero-order chi connectivity index (χ0) is 25.8. The maximum atomic E-state index is 5.73. The van der Waals surface area contributed by atoms with Crippen molar-refractivity contribution >= 4 is 0 Å². The van der Waals surface area contributed by atoms with Crippen LogP contribution in [0.15, 0.2) is 0 Å². The summed E-state index contributed by atoms with van der Waals surface area (Å²) in [6, 6.07) is 0. The molecule has 0 aliphatic carbocycles. The molecule has 206 valence electrons. The Balaban J connectivity index is 0.000000601. The fourth-order valence-corrected chi connectivity index (χ4v) is 4.02. The second kappa shape index (κ2) is 22.0. The summed E-state index contributed by atoms with van der Waals surface area (Å²) in [5.41, 5.74) is 0. The van der Waals surface area contributed by atoms with Gasteiger partial charge in [-0.25, -0.2) is 0 Å². The number of nitrogens with zero attached hydrogens (tertiary/aromatic N) is 2. The van der Waals surface area contributed by atoms with Crippen LogP contribution in [0.5, 0.6) is 0 Å². The van der Waals surface area contributed by atoms with Crippen molar-refractivity contribution in [1.82, 2.24) is 9.80 Å². The monoisotopic (exact) mass is 488 g/mol. The number of ether oxygens (including phenoxy) is 4. The topological polar surface area (TPSA) is 43.4 Å². The van der Waals surface area contributed by atoms with Gasteiger partial charge in [-0.2, -0.15) is 0 Å². The fourth-order valence-electron chi connectivity index (χ4n) is 4.02. The standard InChI is InChI=1S/C14H29NO2.C12H25NO2.C2H6/c1-12(2)5-7-16-11-14-10-15(6-8-17-14)9-13(3)4;1-4-6-14-10-12-9-13(5-7-15-12)8-11(2)3;1-2/h12-14H,5-11H2,1-4H3;11-12H,4-10H2,1-3H3;1-2H3/t14-;12-;/m10./s1. The minimum absolute atomic E-state index is 0.273. The van der Waals surface area contributed by atoms with Gasteiger partial charge in [-0.05, 0) is 30.6 Å². The number of rotatable bonds is 13. The molecule has 2 aliphatic rings. The van der Waals surface area contributed by atoms with Gasteiger partial charge in [0, 0.05) is 52.5 Å². The van der Waals surface area contributed by atoms with Crippen LogP contribution >= 0.6 is 0 Å². The molecule has 0 N–H and O–H groups in total. The summed E-state index contributed by atoms with van der Waals surface area (Å²) in [7, 11) is 0. The third kappa shape index (κ3) is 19.0. The Labute approximate surface area is 213 Å². The maximum Gasteiger partial charge on any atom is 0.0935 e. The predicted molar refractivity (Wildman–Crippen MR) is 145 cm³/mol. The van der Waals surface area contributed by atoms with E-state index in [4.69, 9.17) is 18.9 Å². The first-order valence-electron chi connectivity index (χ1n) is 14.1. The lowest BCUT2D eigenvalue weighted by Gasteiger charge is -2.33. The van der Waals surface area contributed by atoms with Gasteiger partial charge in [0.25, 0.3) is 0 Å². The van der Waals surface area contributed by atoms with Crippen molar-refractivity contribution in [1.29, 1.82) is 0 Å². The van der Waals surface area contributed by atoms with Crippen molar-refractivity contribution in [3.05, 3.63) is 0 Å². The fraction of sp³-hybridized carbons (Fsp3) is 1.00. The Hall–Kier alpha value is -0.240. The molecule has 2 atom stereocenters. The molecule has 2 fully saturated rings. The number of morpholine rings is 2. The van der Waals surface area contributed by atoms with Crippen molar-refractivity contribution in [2.75, 3.05) is 78.9 Å². The average molecular weight is 489 g/mol. The molecule has 6 heteroatoms. The molecular weight excluding hydrogens is 428 g/mol. The van der Waals surface area contributed by atoms with Crippen LogP contribution in [0.2, 0.25) is 0 Å². The third-order valence-corrected chi connectivity index (χ3v) is 5.49. The molecule has 0 aromatic rings. The van der Waals surface area contributed by atoms with Crippen molar-refractivity contribution in [2.45, 2.75) is 87.4 Å². The smallest absolute Gasteiger partial charge is 0.0935 e. The SMILES string of the molecule is CC.CC(C)CCOC[C@H]1CN(CC(C)C)CCO1.CCCOC[C@@H]1CN(CC(C)C)CCO1. The van der Waals surface area contributed by atoms with E-state index in [-0.39, 0.29) is 12.2 Å². The molecule has 6 nitrogen and oxygen atoms in total. The van der Waals surface area contributed by atoms with Gasteiger partial charge in [-0.3, -0.25) is 9.80 Å². The van der Waals surface area contributed by atoms with Crippen LogP contribution in [0.3, 0.4) is 0 Å². The molecule has 0 aromatic heterocycles. The van der Waals surface area contributed by atoms with Gasteiger partial charge in [0.15, 0.2) is 0 Å². The van der Waals surface area contributed by atoms with Gasteiger partial charge < -0.3 is 18.9 Å². The molecule has 2 saturated heterocycles. The van der Waals surface area contributed by atoms with E-state index in [9.17, 15) is 0 Å². The molecule has 0 radical (unpaired) electrons. The quantitative estimate of drug-likeness (QED) is 0.332. The summed E-state index contributed by atoms with van der Waals surface area (Å²) < 4.78 is 22.6. The summed E-state index contributed by atoms with van der Waals surface area (Å²) in [5.74, 6) is 2.19. The Kier molecular flexibility index (Phi) is 21.8. The molecule has 2 rings (SSSR count). The van der Waals surface area contributed by atoms with Crippen LogP contribution in [-0.2, 0) is 18.9 Å². The molecule has 0 spiro atoms. The van der Waals surface area contributed by atoms with Crippen molar-refractivity contribution in [2.24, 2.45) is 17.8 Å². The molecule has 0 saturated carbocycles. The molecule has 0 aromatic carbocycles. The second-order valence-corrected chi connectivity index (χ2v) is 10.6. The highest BCUT2D eigenvalue weighted by Crippen LogP contribution is 2.10. The number of hydrogen-bond acceptors (Lipinski definition) is 6. The molecular formula is C28H60N2O4. The highest BCUT2D eigenvalue weighted by atomic mass is 16.5. The zero-order valence-electron chi connectivity index (χ0n) is 24.3. The summed E-state index contributed by atoms with van der Waals surface area (Å²) >= 11 is 0. The summed E-state index contributed by atoms with van der Waals surface area (Å²) in [4.78, 5) is 4.97. The first-order chi connectivity index (χ1) is 16.3. The van der Waals surface area contributed by atoms with Gasteiger partial charge >= 0.3 is 0 Å².